The van der Waals surface area contributed by atoms with E-state index in [4.69, 9.17) is 0 Å². The standard InChI is InChI=1S/C11H20O2/c1-4-11(10(3)13)8-6-5-7-9(2)12/h11H,4-8H2,1-3H3. The van der Waals surface area contributed by atoms with Gasteiger partial charge in [0.2, 0.25) is 0 Å². The van der Waals surface area contributed by atoms with Gasteiger partial charge in [0.05, 0.1) is 0 Å². The van der Waals surface area contributed by atoms with Crippen LogP contribution in [-0.2, 0) is 9.59 Å². The van der Waals surface area contributed by atoms with Crippen molar-refractivity contribution in [2.24, 2.45) is 5.92 Å². The molecule has 0 aliphatic rings. The van der Waals surface area contributed by atoms with Gasteiger partial charge in [0.15, 0.2) is 0 Å². The molecule has 1 atom stereocenters. The van der Waals surface area contributed by atoms with E-state index in [9.17, 15) is 9.59 Å². The van der Waals surface area contributed by atoms with Gasteiger partial charge in [-0.1, -0.05) is 13.3 Å². The molecule has 13 heavy (non-hydrogen) atoms. The van der Waals surface area contributed by atoms with Crippen LogP contribution in [0.15, 0.2) is 0 Å². The predicted octanol–water partition coefficient (Wildman–Crippen LogP) is 2.75. The summed E-state index contributed by atoms with van der Waals surface area (Å²) < 4.78 is 0. The Morgan fingerprint density at radius 2 is 1.77 bits per heavy atom. The van der Waals surface area contributed by atoms with Crippen molar-refractivity contribution in [2.75, 3.05) is 0 Å². The van der Waals surface area contributed by atoms with Gasteiger partial charge in [0.1, 0.15) is 11.6 Å². The molecule has 0 bridgehead atoms. The smallest absolute Gasteiger partial charge is 0.132 e. The van der Waals surface area contributed by atoms with Crippen LogP contribution in [0.25, 0.3) is 0 Å². The SMILES string of the molecule is CCC(CCCCC(C)=O)C(C)=O. The molecule has 0 rings (SSSR count). The van der Waals surface area contributed by atoms with Crippen molar-refractivity contribution in [2.45, 2.75) is 52.9 Å². The van der Waals surface area contributed by atoms with E-state index in [1.165, 1.54) is 0 Å². The van der Waals surface area contributed by atoms with Crippen LogP contribution >= 0.6 is 0 Å². The third kappa shape index (κ3) is 6.50. The van der Waals surface area contributed by atoms with Gasteiger partial charge in [-0.05, 0) is 33.1 Å². The van der Waals surface area contributed by atoms with Crippen molar-refractivity contribution in [1.82, 2.24) is 0 Å². The van der Waals surface area contributed by atoms with E-state index in [1.807, 2.05) is 6.92 Å². The van der Waals surface area contributed by atoms with Crippen LogP contribution < -0.4 is 0 Å². The van der Waals surface area contributed by atoms with Gasteiger partial charge in [-0.3, -0.25) is 4.79 Å². The van der Waals surface area contributed by atoms with Crippen LogP contribution in [0.2, 0.25) is 0 Å². The largest absolute Gasteiger partial charge is 0.300 e. The number of carbonyl (C=O) groups excluding carboxylic acids is 2. The minimum Gasteiger partial charge on any atom is -0.300 e. The van der Waals surface area contributed by atoms with Crippen LogP contribution in [0.5, 0.6) is 0 Å². The summed E-state index contributed by atoms with van der Waals surface area (Å²) in [7, 11) is 0. The summed E-state index contributed by atoms with van der Waals surface area (Å²) in [5.74, 6) is 0.744. The van der Waals surface area contributed by atoms with Crippen molar-refractivity contribution >= 4 is 11.6 Å². The van der Waals surface area contributed by atoms with Gasteiger partial charge >= 0.3 is 0 Å². The summed E-state index contributed by atoms with van der Waals surface area (Å²) in [6, 6.07) is 0. The molecular weight excluding hydrogens is 164 g/mol. The maximum absolute atomic E-state index is 11.0. The number of carbonyl (C=O) groups is 2. The summed E-state index contributed by atoms with van der Waals surface area (Å²) in [5, 5.41) is 0. The lowest BCUT2D eigenvalue weighted by atomic mass is 9.95. The van der Waals surface area contributed by atoms with Gasteiger partial charge in [-0.2, -0.15) is 0 Å². The van der Waals surface area contributed by atoms with E-state index in [1.54, 1.807) is 13.8 Å². The molecule has 2 heteroatoms. The molecule has 0 N–H and O–H groups in total. The van der Waals surface area contributed by atoms with Crippen LogP contribution in [0.1, 0.15) is 52.9 Å². The van der Waals surface area contributed by atoms with Gasteiger partial charge in [-0.25, -0.2) is 0 Å². The highest BCUT2D eigenvalue weighted by atomic mass is 16.1. The molecule has 76 valence electrons. The zero-order valence-electron chi connectivity index (χ0n) is 8.93. The molecule has 0 fully saturated rings. The topological polar surface area (TPSA) is 34.1 Å². The highest BCUT2D eigenvalue weighted by Gasteiger charge is 2.10. The molecule has 0 saturated heterocycles. The fourth-order valence-electron chi connectivity index (χ4n) is 1.46. The van der Waals surface area contributed by atoms with Crippen molar-refractivity contribution in [3.8, 4) is 0 Å². The normalized spacial score (nSPS) is 12.5. The number of unbranched alkanes of at least 4 members (excludes halogenated alkanes) is 1. The Morgan fingerprint density at radius 1 is 1.15 bits per heavy atom. The molecule has 0 spiro atoms. The minimum absolute atomic E-state index is 0.215. The average molecular weight is 184 g/mol. The lowest BCUT2D eigenvalue weighted by Gasteiger charge is -2.09. The fraction of sp³-hybridized carbons (Fsp3) is 0.818. The first-order chi connectivity index (χ1) is 6.07. The summed E-state index contributed by atoms with van der Waals surface area (Å²) in [6.45, 7) is 5.30. The van der Waals surface area contributed by atoms with Gasteiger partial charge in [0, 0.05) is 12.3 Å². The Balaban J connectivity index is 3.50. The molecule has 0 aliphatic heterocycles. The lowest BCUT2D eigenvalue weighted by molar-refractivity contribution is -0.121. The quantitative estimate of drug-likeness (QED) is 0.570. The molecule has 0 heterocycles. The zero-order valence-corrected chi connectivity index (χ0v) is 8.93. The van der Waals surface area contributed by atoms with E-state index in [-0.39, 0.29) is 17.5 Å². The molecular formula is C11H20O2. The fourth-order valence-corrected chi connectivity index (χ4v) is 1.46. The second-order valence-electron chi connectivity index (χ2n) is 3.66. The van der Waals surface area contributed by atoms with Crippen molar-refractivity contribution in [3.05, 3.63) is 0 Å². The Hall–Kier alpha value is -0.660. The Morgan fingerprint density at radius 3 is 2.15 bits per heavy atom. The van der Waals surface area contributed by atoms with Crippen LogP contribution in [-0.4, -0.2) is 11.6 Å². The summed E-state index contributed by atoms with van der Waals surface area (Å²) in [5.41, 5.74) is 0. The minimum atomic E-state index is 0.215. The molecule has 0 aromatic heterocycles. The second kappa shape index (κ2) is 6.81. The highest BCUT2D eigenvalue weighted by Crippen LogP contribution is 2.14. The summed E-state index contributed by atoms with van der Waals surface area (Å²) in [6.07, 6.45) is 4.46. The number of rotatable bonds is 7. The first kappa shape index (κ1) is 12.3. The predicted molar refractivity (Wildman–Crippen MR) is 53.6 cm³/mol. The van der Waals surface area contributed by atoms with E-state index >= 15 is 0 Å². The van der Waals surface area contributed by atoms with Crippen molar-refractivity contribution in [1.29, 1.82) is 0 Å². The first-order valence-corrected chi connectivity index (χ1v) is 5.07. The molecule has 0 aromatic carbocycles. The van der Waals surface area contributed by atoms with Gasteiger partial charge in [-0.15, -0.1) is 0 Å². The van der Waals surface area contributed by atoms with E-state index in [0.717, 1.165) is 25.7 Å². The first-order valence-electron chi connectivity index (χ1n) is 5.07. The van der Waals surface area contributed by atoms with Crippen LogP contribution in [0.4, 0.5) is 0 Å². The number of ketones is 2. The third-order valence-electron chi connectivity index (χ3n) is 2.40. The van der Waals surface area contributed by atoms with Crippen molar-refractivity contribution in [3.63, 3.8) is 0 Å². The Kier molecular flexibility index (Phi) is 6.47. The Labute approximate surface area is 80.7 Å². The molecule has 0 aliphatic carbocycles. The van der Waals surface area contributed by atoms with Gasteiger partial charge < -0.3 is 4.79 Å². The summed E-state index contributed by atoms with van der Waals surface area (Å²) in [4.78, 5) is 21.7. The molecule has 2 nitrogen and oxygen atoms in total. The maximum atomic E-state index is 11.0. The van der Waals surface area contributed by atoms with Gasteiger partial charge in [0.25, 0.3) is 0 Å². The molecule has 0 radical (unpaired) electrons. The number of hydrogen-bond donors (Lipinski definition) is 0. The lowest BCUT2D eigenvalue weighted by Crippen LogP contribution is -2.09. The third-order valence-corrected chi connectivity index (χ3v) is 2.40. The molecule has 0 saturated carbocycles. The highest BCUT2D eigenvalue weighted by molar-refractivity contribution is 5.78. The Bertz CT molecular complexity index is 173. The summed E-state index contributed by atoms with van der Waals surface area (Å²) >= 11 is 0. The molecule has 0 aromatic rings. The average Bonchev–Trinajstić information content (AvgIpc) is 2.03. The number of hydrogen-bond acceptors (Lipinski definition) is 2. The molecule has 0 amide bonds. The van der Waals surface area contributed by atoms with E-state index in [2.05, 4.69) is 0 Å². The second-order valence-corrected chi connectivity index (χ2v) is 3.66. The van der Waals surface area contributed by atoms with E-state index < -0.39 is 0 Å². The van der Waals surface area contributed by atoms with Crippen LogP contribution in [0.3, 0.4) is 0 Å². The van der Waals surface area contributed by atoms with Crippen LogP contribution in [0, 0.1) is 5.92 Å². The van der Waals surface area contributed by atoms with Crippen molar-refractivity contribution < 1.29 is 9.59 Å². The maximum Gasteiger partial charge on any atom is 0.132 e. The monoisotopic (exact) mass is 184 g/mol. The zero-order chi connectivity index (χ0) is 10.3. The van der Waals surface area contributed by atoms with E-state index in [0.29, 0.717) is 6.42 Å². The number of Topliss-reactive ketones (excluding diaryl/α,β-unsaturated/α-hetero) is 2. The molecule has 1 unspecified atom stereocenters.